The van der Waals surface area contributed by atoms with Gasteiger partial charge in [0.25, 0.3) is 0 Å². The summed E-state index contributed by atoms with van der Waals surface area (Å²) >= 11 is 0. The number of sulfonamides is 1. The van der Waals surface area contributed by atoms with Gasteiger partial charge in [0.1, 0.15) is 0 Å². The summed E-state index contributed by atoms with van der Waals surface area (Å²) in [5.41, 5.74) is 1.06. The number of hydrogen-bond acceptors (Lipinski definition) is 2. The molecule has 1 fully saturated rings. The van der Waals surface area contributed by atoms with Crippen LogP contribution in [0, 0.1) is 18.8 Å². The van der Waals surface area contributed by atoms with E-state index in [2.05, 4.69) is 11.3 Å². The van der Waals surface area contributed by atoms with Gasteiger partial charge in [0.2, 0.25) is 10.0 Å². The molecule has 20 heavy (non-hydrogen) atoms. The highest BCUT2D eigenvalue weighted by Crippen LogP contribution is 2.30. The highest BCUT2D eigenvalue weighted by Gasteiger charge is 2.24. The van der Waals surface area contributed by atoms with E-state index < -0.39 is 10.0 Å². The van der Waals surface area contributed by atoms with Crippen molar-refractivity contribution in [3.8, 4) is 0 Å². The van der Waals surface area contributed by atoms with E-state index in [-0.39, 0.29) is 0 Å². The minimum absolute atomic E-state index is 0.342. The molecule has 0 saturated heterocycles. The molecule has 0 aromatic heterocycles. The molecule has 1 aliphatic rings. The third-order valence-electron chi connectivity index (χ3n) is 4.14. The van der Waals surface area contributed by atoms with Crippen LogP contribution in [0.4, 0.5) is 0 Å². The van der Waals surface area contributed by atoms with Gasteiger partial charge in [-0.1, -0.05) is 36.6 Å². The van der Waals surface area contributed by atoms with Crippen molar-refractivity contribution >= 4 is 10.0 Å². The van der Waals surface area contributed by atoms with Gasteiger partial charge in [0.05, 0.1) is 4.90 Å². The first-order chi connectivity index (χ1) is 9.53. The summed E-state index contributed by atoms with van der Waals surface area (Å²) in [6.07, 6.45) is 6.58. The number of allylic oxidation sites excluding steroid dienone is 1. The Hall–Kier alpha value is -1.13. The Morgan fingerprint density at radius 1 is 1.25 bits per heavy atom. The first kappa shape index (κ1) is 15.3. The molecule has 1 aromatic rings. The fourth-order valence-corrected chi connectivity index (χ4v) is 3.91. The van der Waals surface area contributed by atoms with Crippen molar-refractivity contribution < 1.29 is 8.42 Å². The van der Waals surface area contributed by atoms with E-state index in [9.17, 15) is 8.42 Å². The third kappa shape index (κ3) is 3.70. The van der Waals surface area contributed by atoms with Gasteiger partial charge in [-0.05, 0) is 43.7 Å². The summed E-state index contributed by atoms with van der Waals surface area (Å²) in [4.78, 5) is 0.342. The monoisotopic (exact) mass is 293 g/mol. The Balaban J connectivity index is 2.01. The Kier molecular flexibility index (Phi) is 5.00. The van der Waals surface area contributed by atoms with E-state index in [1.165, 1.54) is 12.8 Å². The van der Waals surface area contributed by atoms with E-state index in [0.717, 1.165) is 18.4 Å². The summed E-state index contributed by atoms with van der Waals surface area (Å²) in [5, 5.41) is 0. The molecular formula is C16H23NO2S. The standard InChI is InChI=1S/C16H23NO2S/c1-3-14-6-4-5-7-15(14)12-17-20(18,19)16-10-8-13(2)9-11-16/h3,8-11,14-15,17H,1,4-7,12H2,2H3/t14?,15-/m0/s1. The molecule has 1 saturated carbocycles. The van der Waals surface area contributed by atoms with Crippen LogP contribution in [0.15, 0.2) is 41.8 Å². The predicted octanol–water partition coefficient (Wildman–Crippen LogP) is 3.27. The topological polar surface area (TPSA) is 46.2 Å². The van der Waals surface area contributed by atoms with Gasteiger partial charge in [-0.2, -0.15) is 0 Å². The summed E-state index contributed by atoms with van der Waals surface area (Å²) in [5.74, 6) is 0.811. The smallest absolute Gasteiger partial charge is 0.211 e. The van der Waals surface area contributed by atoms with E-state index in [0.29, 0.717) is 23.3 Å². The number of benzene rings is 1. The summed E-state index contributed by atoms with van der Waals surface area (Å²) in [6, 6.07) is 6.95. The highest BCUT2D eigenvalue weighted by molar-refractivity contribution is 7.89. The third-order valence-corrected chi connectivity index (χ3v) is 5.58. The van der Waals surface area contributed by atoms with Crippen molar-refractivity contribution in [2.75, 3.05) is 6.54 Å². The first-order valence-electron chi connectivity index (χ1n) is 7.22. The Bertz CT molecular complexity index is 548. The highest BCUT2D eigenvalue weighted by atomic mass is 32.2. The fraction of sp³-hybridized carbons (Fsp3) is 0.500. The molecule has 110 valence electrons. The summed E-state index contributed by atoms with van der Waals surface area (Å²) in [6.45, 7) is 6.32. The molecule has 1 aliphatic carbocycles. The van der Waals surface area contributed by atoms with Gasteiger partial charge in [0, 0.05) is 6.54 Å². The number of nitrogens with one attached hydrogen (secondary N) is 1. The SMILES string of the molecule is C=CC1CCCC[C@H]1CNS(=O)(=O)c1ccc(C)cc1. The fourth-order valence-electron chi connectivity index (χ4n) is 2.82. The molecule has 1 aromatic carbocycles. The maximum absolute atomic E-state index is 12.2. The normalized spacial score (nSPS) is 23.4. The van der Waals surface area contributed by atoms with Crippen LogP contribution < -0.4 is 4.72 Å². The molecule has 1 unspecified atom stereocenters. The molecule has 2 atom stereocenters. The van der Waals surface area contributed by atoms with Crippen molar-refractivity contribution in [2.45, 2.75) is 37.5 Å². The van der Waals surface area contributed by atoms with Crippen molar-refractivity contribution in [3.63, 3.8) is 0 Å². The molecular weight excluding hydrogens is 270 g/mol. The predicted molar refractivity (Wildman–Crippen MR) is 82.0 cm³/mol. The van der Waals surface area contributed by atoms with Crippen LogP contribution in [0.1, 0.15) is 31.2 Å². The van der Waals surface area contributed by atoms with E-state index in [4.69, 9.17) is 0 Å². The lowest BCUT2D eigenvalue weighted by molar-refractivity contribution is 0.285. The zero-order chi connectivity index (χ0) is 14.6. The van der Waals surface area contributed by atoms with E-state index in [1.807, 2.05) is 25.1 Å². The van der Waals surface area contributed by atoms with Gasteiger partial charge in [-0.15, -0.1) is 6.58 Å². The quantitative estimate of drug-likeness (QED) is 0.847. The van der Waals surface area contributed by atoms with Crippen molar-refractivity contribution in [1.82, 2.24) is 4.72 Å². The molecule has 0 bridgehead atoms. The van der Waals surface area contributed by atoms with Crippen LogP contribution in [0.25, 0.3) is 0 Å². The maximum atomic E-state index is 12.2. The van der Waals surface area contributed by atoms with Gasteiger partial charge < -0.3 is 0 Å². The van der Waals surface area contributed by atoms with Gasteiger partial charge in [0.15, 0.2) is 0 Å². The average molecular weight is 293 g/mol. The summed E-state index contributed by atoms with van der Waals surface area (Å²) in [7, 11) is -3.39. The van der Waals surface area contributed by atoms with Crippen LogP contribution in [0.2, 0.25) is 0 Å². The minimum Gasteiger partial charge on any atom is -0.211 e. The zero-order valence-corrected chi connectivity index (χ0v) is 12.8. The molecule has 2 rings (SSSR count). The van der Waals surface area contributed by atoms with Crippen LogP contribution in [0.5, 0.6) is 0 Å². The second-order valence-electron chi connectivity index (χ2n) is 5.61. The Morgan fingerprint density at radius 2 is 1.90 bits per heavy atom. The van der Waals surface area contributed by atoms with Crippen molar-refractivity contribution in [2.24, 2.45) is 11.8 Å². The maximum Gasteiger partial charge on any atom is 0.240 e. The molecule has 0 heterocycles. The van der Waals surface area contributed by atoms with Gasteiger partial charge in [-0.3, -0.25) is 0 Å². The van der Waals surface area contributed by atoms with Crippen LogP contribution in [-0.4, -0.2) is 15.0 Å². The Labute approximate surface area is 122 Å². The van der Waals surface area contributed by atoms with Crippen LogP contribution in [-0.2, 0) is 10.0 Å². The largest absolute Gasteiger partial charge is 0.240 e. The molecule has 4 heteroatoms. The second kappa shape index (κ2) is 6.55. The number of aryl methyl sites for hydroxylation is 1. The lowest BCUT2D eigenvalue weighted by atomic mass is 9.79. The molecule has 0 spiro atoms. The van der Waals surface area contributed by atoms with E-state index in [1.54, 1.807) is 12.1 Å². The minimum atomic E-state index is -3.39. The zero-order valence-electron chi connectivity index (χ0n) is 12.0. The van der Waals surface area contributed by atoms with Crippen molar-refractivity contribution in [3.05, 3.63) is 42.5 Å². The molecule has 0 radical (unpaired) electrons. The molecule has 3 nitrogen and oxygen atoms in total. The summed E-state index contributed by atoms with van der Waals surface area (Å²) < 4.78 is 27.2. The second-order valence-corrected chi connectivity index (χ2v) is 7.38. The number of hydrogen-bond donors (Lipinski definition) is 1. The Morgan fingerprint density at radius 3 is 2.55 bits per heavy atom. The van der Waals surface area contributed by atoms with Gasteiger partial charge >= 0.3 is 0 Å². The van der Waals surface area contributed by atoms with Gasteiger partial charge in [-0.25, -0.2) is 13.1 Å². The average Bonchev–Trinajstić information content (AvgIpc) is 2.46. The lowest BCUT2D eigenvalue weighted by Crippen LogP contribution is -2.33. The van der Waals surface area contributed by atoms with Crippen molar-refractivity contribution in [1.29, 1.82) is 0 Å². The molecule has 1 N–H and O–H groups in total. The van der Waals surface area contributed by atoms with Crippen LogP contribution >= 0.6 is 0 Å². The van der Waals surface area contributed by atoms with E-state index >= 15 is 0 Å². The number of rotatable bonds is 5. The first-order valence-corrected chi connectivity index (χ1v) is 8.70. The molecule has 0 amide bonds. The lowest BCUT2D eigenvalue weighted by Gasteiger charge is -2.29. The molecule has 0 aliphatic heterocycles. The van der Waals surface area contributed by atoms with Crippen LogP contribution in [0.3, 0.4) is 0 Å².